The molecule has 1 N–H and O–H groups in total. The van der Waals surface area contributed by atoms with Crippen LogP contribution in [0.4, 0.5) is 10.5 Å². The van der Waals surface area contributed by atoms with Crippen molar-refractivity contribution < 1.29 is 14.0 Å². The van der Waals surface area contributed by atoms with Gasteiger partial charge in [-0.1, -0.05) is 12.1 Å². The van der Waals surface area contributed by atoms with Gasteiger partial charge in [-0.25, -0.2) is 4.79 Å². The molecular weight excluding hydrogens is 244 g/mol. The number of fused-ring (bicyclic) bond motifs is 1. The first-order valence-corrected chi connectivity index (χ1v) is 5.88. The summed E-state index contributed by atoms with van der Waals surface area (Å²) >= 11 is 0. The summed E-state index contributed by atoms with van der Waals surface area (Å²) in [5, 5.41) is 2.84. The Kier molecular flexibility index (Phi) is 2.59. The fraction of sp³-hybridized carbons (Fsp3) is 0.143. The number of hydrogen-bond donors (Lipinski definition) is 1. The zero-order chi connectivity index (χ0) is 13.4. The van der Waals surface area contributed by atoms with Crippen molar-refractivity contribution in [3.05, 3.63) is 41.7 Å². The number of anilines is 1. The average molecular weight is 256 g/mol. The van der Waals surface area contributed by atoms with Gasteiger partial charge in [0.25, 0.3) is 0 Å². The summed E-state index contributed by atoms with van der Waals surface area (Å²) in [7, 11) is 1.74. The van der Waals surface area contributed by atoms with Gasteiger partial charge in [-0.05, 0) is 23.8 Å². The predicted molar refractivity (Wildman–Crippen MR) is 70.0 cm³/mol. The molecule has 0 fully saturated rings. The molecule has 2 aromatic rings. The Bertz CT molecular complexity index is 660. The van der Waals surface area contributed by atoms with Crippen molar-refractivity contribution in [1.82, 2.24) is 4.90 Å². The second-order valence-electron chi connectivity index (χ2n) is 4.45. The van der Waals surface area contributed by atoms with E-state index >= 15 is 0 Å². The van der Waals surface area contributed by atoms with E-state index < -0.39 is 0 Å². The minimum atomic E-state index is -0.151. The van der Waals surface area contributed by atoms with Crippen molar-refractivity contribution in [3.63, 3.8) is 0 Å². The van der Waals surface area contributed by atoms with Crippen molar-refractivity contribution in [1.29, 1.82) is 0 Å². The second kappa shape index (κ2) is 4.28. The normalized spacial score (nSPS) is 13.9. The summed E-state index contributed by atoms with van der Waals surface area (Å²) in [6.45, 7) is 0.552. The van der Waals surface area contributed by atoms with E-state index in [1.807, 2.05) is 18.2 Å². The molecule has 5 nitrogen and oxygen atoms in total. The predicted octanol–water partition coefficient (Wildman–Crippen LogP) is 2.74. The van der Waals surface area contributed by atoms with Crippen LogP contribution in [-0.4, -0.2) is 24.3 Å². The number of aldehydes is 1. The molecule has 1 aliphatic rings. The molecule has 0 saturated carbocycles. The van der Waals surface area contributed by atoms with Crippen LogP contribution in [0, 0.1) is 0 Å². The first-order chi connectivity index (χ1) is 9.19. The molecule has 5 heteroatoms. The van der Waals surface area contributed by atoms with E-state index in [0.717, 1.165) is 16.8 Å². The number of carbonyl (C=O) groups is 2. The summed E-state index contributed by atoms with van der Waals surface area (Å²) in [6, 6.07) is 8.91. The van der Waals surface area contributed by atoms with Gasteiger partial charge in [0.15, 0.2) is 12.0 Å². The molecule has 1 aromatic heterocycles. The Balaban J connectivity index is 2.10. The van der Waals surface area contributed by atoms with Crippen molar-refractivity contribution in [3.8, 4) is 11.3 Å². The number of rotatable bonds is 2. The minimum Gasteiger partial charge on any atom is -0.453 e. The van der Waals surface area contributed by atoms with Crippen LogP contribution in [0.3, 0.4) is 0 Å². The number of nitrogens with one attached hydrogen (secondary N) is 1. The third kappa shape index (κ3) is 1.89. The molecule has 2 heterocycles. The number of benzene rings is 1. The van der Waals surface area contributed by atoms with E-state index in [0.29, 0.717) is 18.6 Å². The van der Waals surface area contributed by atoms with Gasteiger partial charge >= 0.3 is 6.03 Å². The lowest BCUT2D eigenvalue weighted by Gasteiger charge is -2.27. The summed E-state index contributed by atoms with van der Waals surface area (Å²) in [5.74, 6) is 0.843. The zero-order valence-electron chi connectivity index (χ0n) is 10.3. The maximum atomic E-state index is 11.7. The topological polar surface area (TPSA) is 62.6 Å². The fourth-order valence-electron chi connectivity index (χ4n) is 2.18. The van der Waals surface area contributed by atoms with Crippen LogP contribution in [0.1, 0.15) is 16.1 Å². The number of nitrogens with zero attached hydrogens (tertiary/aromatic N) is 1. The zero-order valence-corrected chi connectivity index (χ0v) is 10.3. The highest BCUT2D eigenvalue weighted by Crippen LogP contribution is 2.34. The second-order valence-corrected chi connectivity index (χ2v) is 4.45. The molecule has 3 rings (SSSR count). The highest BCUT2D eigenvalue weighted by Gasteiger charge is 2.22. The van der Waals surface area contributed by atoms with Gasteiger partial charge in [-0.3, -0.25) is 4.79 Å². The minimum absolute atomic E-state index is 0.151. The Hall–Kier alpha value is -2.56. The van der Waals surface area contributed by atoms with E-state index in [9.17, 15) is 9.59 Å². The first kappa shape index (κ1) is 11.5. The smallest absolute Gasteiger partial charge is 0.321 e. The summed E-state index contributed by atoms with van der Waals surface area (Å²) in [4.78, 5) is 24.0. The highest BCUT2D eigenvalue weighted by molar-refractivity contribution is 5.97. The lowest BCUT2D eigenvalue weighted by molar-refractivity contribution is 0.110. The van der Waals surface area contributed by atoms with E-state index in [-0.39, 0.29) is 11.8 Å². The van der Waals surface area contributed by atoms with Gasteiger partial charge in [0, 0.05) is 19.2 Å². The molecule has 0 unspecified atom stereocenters. The van der Waals surface area contributed by atoms with Crippen LogP contribution in [0.25, 0.3) is 11.3 Å². The number of hydrogen-bond acceptors (Lipinski definition) is 3. The van der Waals surface area contributed by atoms with Crippen LogP contribution < -0.4 is 5.32 Å². The Morgan fingerprint density at radius 3 is 2.89 bits per heavy atom. The summed E-state index contributed by atoms with van der Waals surface area (Å²) in [6.07, 6.45) is 0.658. The summed E-state index contributed by atoms with van der Waals surface area (Å²) in [5.41, 5.74) is 2.55. The quantitative estimate of drug-likeness (QED) is 0.840. The van der Waals surface area contributed by atoms with E-state index in [2.05, 4.69) is 5.32 Å². The van der Waals surface area contributed by atoms with Crippen molar-refractivity contribution in [2.45, 2.75) is 6.54 Å². The van der Waals surface area contributed by atoms with Gasteiger partial charge in [0.05, 0.1) is 5.69 Å². The van der Waals surface area contributed by atoms with Crippen LogP contribution in [-0.2, 0) is 6.54 Å². The Morgan fingerprint density at radius 2 is 2.16 bits per heavy atom. The van der Waals surface area contributed by atoms with E-state index in [1.165, 1.54) is 0 Å². The SMILES string of the molecule is CN1Cc2cccc(-c3ccc(C=O)o3)c2NC1=O. The van der Waals surface area contributed by atoms with Gasteiger partial charge in [-0.15, -0.1) is 0 Å². The maximum Gasteiger partial charge on any atom is 0.321 e. The number of urea groups is 1. The molecule has 1 aliphatic heterocycles. The van der Waals surface area contributed by atoms with Crippen molar-refractivity contribution >= 4 is 18.0 Å². The van der Waals surface area contributed by atoms with Crippen LogP contribution >= 0.6 is 0 Å². The van der Waals surface area contributed by atoms with Gasteiger partial charge in [0.2, 0.25) is 0 Å². The third-order valence-electron chi connectivity index (χ3n) is 3.15. The lowest BCUT2D eigenvalue weighted by Crippen LogP contribution is -2.35. The fourth-order valence-corrected chi connectivity index (χ4v) is 2.18. The molecule has 0 spiro atoms. The maximum absolute atomic E-state index is 11.7. The number of para-hydroxylation sites is 1. The van der Waals surface area contributed by atoms with Crippen LogP contribution in [0.2, 0.25) is 0 Å². The standard InChI is InChI=1S/C14H12N2O3/c1-16-7-9-3-2-4-11(13(9)15-14(16)18)12-6-5-10(8-17)19-12/h2-6,8H,7H2,1H3,(H,15,18). The highest BCUT2D eigenvalue weighted by atomic mass is 16.3. The first-order valence-electron chi connectivity index (χ1n) is 5.88. The Morgan fingerprint density at radius 1 is 1.32 bits per heavy atom. The molecule has 19 heavy (non-hydrogen) atoms. The lowest BCUT2D eigenvalue weighted by atomic mass is 10.0. The van der Waals surface area contributed by atoms with Crippen molar-refractivity contribution in [2.24, 2.45) is 0 Å². The molecule has 0 saturated heterocycles. The number of carbonyl (C=O) groups excluding carboxylic acids is 2. The molecule has 0 aliphatic carbocycles. The van der Waals surface area contributed by atoms with Crippen LogP contribution in [0.5, 0.6) is 0 Å². The molecule has 0 atom stereocenters. The molecular formula is C14H12N2O3. The molecule has 2 amide bonds. The van der Waals surface area contributed by atoms with Gasteiger partial charge in [-0.2, -0.15) is 0 Å². The molecule has 96 valence electrons. The van der Waals surface area contributed by atoms with E-state index in [1.54, 1.807) is 24.1 Å². The average Bonchev–Trinajstić information content (AvgIpc) is 2.88. The van der Waals surface area contributed by atoms with Crippen LogP contribution in [0.15, 0.2) is 34.7 Å². The number of furan rings is 1. The van der Waals surface area contributed by atoms with Crippen molar-refractivity contribution in [2.75, 3.05) is 12.4 Å². The third-order valence-corrected chi connectivity index (χ3v) is 3.15. The molecule has 0 bridgehead atoms. The largest absolute Gasteiger partial charge is 0.453 e. The monoisotopic (exact) mass is 256 g/mol. The Labute approximate surface area is 109 Å². The summed E-state index contributed by atoms with van der Waals surface area (Å²) < 4.78 is 5.41. The number of amides is 2. The van der Waals surface area contributed by atoms with E-state index in [4.69, 9.17) is 4.42 Å². The molecule has 0 radical (unpaired) electrons. The van der Waals surface area contributed by atoms with Gasteiger partial charge < -0.3 is 14.6 Å². The van der Waals surface area contributed by atoms with Gasteiger partial charge in [0.1, 0.15) is 5.76 Å². The molecule has 1 aromatic carbocycles.